The standard InChI is InChI=1S/C10H24O2Si/c1-7-13(8-2,9(3)4)10(11-5)12-6/h9-10H,7-8H2,1-6H3. The van der Waals surface area contributed by atoms with Crippen LogP contribution >= 0.6 is 0 Å². The van der Waals surface area contributed by atoms with Crippen molar-refractivity contribution in [2.45, 2.75) is 51.2 Å². The highest BCUT2D eigenvalue weighted by Gasteiger charge is 2.41. The first-order valence-electron chi connectivity index (χ1n) is 5.14. The van der Waals surface area contributed by atoms with Crippen molar-refractivity contribution >= 4 is 8.07 Å². The summed E-state index contributed by atoms with van der Waals surface area (Å²) in [6.07, 6.45) is 0. The summed E-state index contributed by atoms with van der Waals surface area (Å²) in [6.45, 7) is 9.12. The maximum atomic E-state index is 5.45. The van der Waals surface area contributed by atoms with Crippen molar-refractivity contribution in [3.05, 3.63) is 0 Å². The van der Waals surface area contributed by atoms with Crippen molar-refractivity contribution in [3.8, 4) is 0 Å². The van der Waals surface area contributed by atoms with E-state index in [1.54, 1.807) is 14.2 Å². The van der Waals surface area contributed by atoms with Crippen LogP contribution in [-0.4, -0.2) is 28.2 Å². The second-order valence-electron chi connectivity index (χ2n) is 3.90. The predicted molar refractivity (Wildman–Crippen MR) is 59.6 cm³/mol. The third-order valence-electron chi connectivity index (χ3n) is 3.36. The third-order valence-corrected chi connectivity index (χ3v) is 9.71. The smallest absolute Gasteiger partial charge is 0.141 e. The first-order valence-corrected chi connectivity index (χ1v) is 7.71. The van der Waals surface area contributed by atoms with E-state index in [9.17, 15) is 0 Å². The van der Waals surface area contributed by atoms with Gasteiger partial charge < -0.3 is 9.47 Å². The van der Waals surface area contributed by atoms with Gasteiger partial charge >= 0.3 is 0 Å². The van der Waals surface area contributed by atoms with Crippen LogP contribution < -0.4 is 0 Å². The van der Waals surface area contributed by atoms with Gasteiger partial charge in [-0.25, -0.2) is 0 Å². The molecule has 0 heterocycles. The van der Waals surface area contributed by atoms with Crippen LogP contribution in [0.3, 0.4) is 0 Å². The van der Waals surface area contributed by atoms with Crippen molar-refractivity contribution in [1.82, 2.24) is 0 Å². The Morgan fingerprint density at radius 1 is 1.00 bits per heavy atom. The SMILES string of the molecule is CC[Si](CC)(C(C)C)C(OC)OC. The average molecular weight is 204 g/mol. The van der Waals surface area contributed by atoms with Crippen LogP contribution in [0.5, 0.6) is 0 Å². The van der Waals surface area contributed by atoms with Gasteiger partial charge in [-0.15, -0.1) is 0 Å². The zero-order valence-corrected chi connectivity index (χ0v) is 10.9. The van der Waals surface area contributed by atoms with Crippen LogP contribution in [0.15, 0.2) is 0 Å². The molecule has 0 aromatic carbocycles. The molecular weight excluding hydrogens is 180 g/mol. The van der Waals surface area contributed by atoms with Gasteiger partial charge in [-0.1, -0.05) is 39.8 Å². The summed E-state index contributed by atoms with van der Waals surface area (Å²) in [4.78, 5) is 0. The maximum Gasteiger partial charge on any atom is 0.141 e. The van der Waals surface area contributed by atoms with Gasteiger partial charge in [0.1, 0.15) is 14.0 Å². The van der Waals surface area contributed by atoms with Gasteiger partial charge in [0, 0.05) is 14.2 Å². The van der Waals surface area contributed by atoms with E-state index < -0.39 is 8.07 Å². The van der Waals surface area contributed by atoms with E-state index >= 15 is 0 Å². The van der Waals surface area contributed by atoms with Gasteiger partial charge in [0.2, 0.25) is 0 Å². The summed E-state index contributed by atoms with van der Waals surface area (Å²) in [6, 6.07) is 2.46. The Kier molecular flexibility index (Phi) is 5.84. The minimum absolute atomic E-state index is 0.0579. The molecule has 0 fully saturated rings. The highest BCUT2D eigenvalue weighted by atomic mass is 28.3. The number of hydrogen-bond acceptors (Lipinski definition) is 2. The predicted octanol–water partition coefficient (Wildman–Crippen LogP) is 3.04. The number of rotatable bonds is 6. The van der Waals surface area contributed by atoms with Gasteiger partial charge in [0.15, 0.2) is 0 Å². The molecule has 0 aliphatic carbocycles. The quantitative estimate of drug-likeness (QED) is 0.489. The van der Waals surface area contributed by atoms with Crippen LogP contribution in [0.2, 0.25) is 17.6 Å². The molecular formula is C10H24O2Si. The molecule has 0 aliphatic rings. The van der Waals surface area contributed by atoms with Crippen molar-refractivity contribution < 1.29 is 9.47 Å². The van der Waals surface area contributed by atoms with Crippen LogP contribution in [0, 0.1) is 0 Å². The van der Waals surface area contributed by atoms with Crippen molar-refractivity contribution in [2.75, 3.05) is 14.2 Å². The molecule has 0 aromatic heterocycles. The number of hydrogen-bond donors (Lipinski definition) is 0. The Hall–Kier alpha value is 0.137. The fourth-order valence-electron chi connectivity index (χ4n) is 2.24. The second-order valence-corrected chi connectivity index (χ2v) is 9.40. The Morgan fingerprint density at radius 3 is 1.46 bits per heavy atom. The van der Waals surface area contributed by atoms with E-state index in [2.05, 4.69) is 27.7 Å². The molecule has 0 radical (unpaired) electrons. The van der Waals surface area contributed by atoms with E-state index in [0.29, 0.717) is 5.54 Å². The molecule has 0 spiro atoms. The van der Waals surface area contributed by atoms with Gasteiger partial charge in [0.05, 0.1) is 0 Å². The summed E-state index contributed by atoms with van der Waals surface area (Å²) in [5.74, 6) is 0.0579. The van der Waals surface area contributed by atoms with Gasteiger partial charge in [0.25, 0.3) is 0 Å². The summed E-state index contributed by atoms with van der Waals surface area (Å²) in [7, 11) is 2.11. The normalized spacial score (nSPS) is 12.9. The molecule has 0 atom stereocenters. The lowest BCUT2D eigenvalue weighted by Gasteiger charge is -2.38. The monoisotopic (exact) mass is 204 g/mol. The van der Waals surface area contributed by atoms with Crippen molar-refractivity contribution in [1.29, 1.82) is 0 Å². The largest absolute Gasteiger partial charge is 0.360 e. The van der Waals surface area contributed by atoms with Crippen molar-refractivity contribution in [3.63, 3.8) is 0 Å². The molecule has 80 valence electrons. The molecule has 0 saturated carbocycles. The zero-order chi connectivity index (χ0) is 10.5. The lowest BCUT2D eigenvalue weighted by molar-refractivity contribution is -0.0521. The third kappa shape index (κ3) is 2.54. The van der Waals surface area contributed by atoms with Crippen molar-refractivity contribution in [2.24, 2.45) is 0 Å². The highest BCUT2D eigenvalue weighted by Crippen LogP contribution is 2.33. The van der Waals surface area contributed by atoms with Crippen LogP contribution in [0.1, 0.15) is 27.7 Å². The topological polar surface area (TPSA) is 18.5 Å². The lowest BCUT2D eigenvalue weighted by Crippen LogP contribution is -2.51. The Labute approximate surface area is 83.6 Å². The van der Waals surface area contributed by atoms with E-state index in [0.717, 1.165) is 0 Å². The highest BCUT2D eigenvalue weighted by molar-refractivity contribution is 6.81. The molecule has 2 nitrogen and oxygen atoms in total. The van der Waals surface area contributed by atoms with Gasteiger partial charge in [-0.05, 0) is 5.54 Å². The molecule has 0 bridgehead atoms. The first-order chi connectivity index (χ1) is 6.08. The molecule has 0 unspecified atom stereocenters. The van der Waals surface area contributed by atoms with Crippen LogP contribution in [0.4, 0.5) is 0 Å². The van der Waals surface area contributed by atoms with E-state index in [1.807, 2.05) is 0 Å². The Morgan fingerprint density at radius 2 is 1.38 bits per heavy atom. The molecule has 3 heteroatoms. The molecule has 0 saturated heterocycles. The molecule has 13 heavy (non-hydrogen) atoms. The zero-order valence-electron chi connectivity index (χ0n) is 9.89. The molecule has 0 rings (SSSR count). The summed E-state index contributed by atoms with van der Waals surface area (Å²) < 4.78 is 10.9. The minimum Gasteiger partial charge on any atom is -0.360 e. The fourth-order valence-corrected chi connectivity index (χ4v) is 6.52. The lowest BCUT2D eigenvalue weighted by atomic mass is 10.6. The van der Waals surface area contributed by atoms with E-state index in [1.165, 1.54) is 12.1 Å². The van der Waals surface area contributed by atoms with Crippen LogP contribution in [0.25, 0.3) is 0 Å². The van der Waals surface area contributed by atoms with Crippen LogP contribution in [-0.2, 0) is 9.47 Å². The summed E-state index contributed by atoms with van der Waals surface area (Å²) in [5, 5.41) is 0. The minimum atomic E-state index is -1.39. The molecule has 0 aromatic rings. The maximum absolute atomic E-state index is 5.45. The molecule has 0 amide bonds. The number of methoxy groups -OCH3 is 2. The Bertz CT molecular complexity index is 129. The second kappa shape index (κ2) is 5.78. The summed E-state index contributed by atoms with van der Waals surface area (Å²) in [5.41, 5.74) is 0.715. The first kappa shape index (κ1) is 13.1. The molecule has 0 aliphatic heterocycles. The fraction of sp³-hybridized carbons (Fsp3) is 1.00. The summed E-state index contributed by atoms with van der Waals surface area (Å²) >= 11 is 0. The van der Waals surface area contributed by atoms with E-state index in [4.69, 9.17) is 9.47 Å². The molecule has 0 N–H and O–H groups in total. The van der Waals surface area contributed by atoms with Gasteiger partial charge in [-0.2, -0.15) is 0 Å². The average Bonchev–Trinajstić information content (AvgIpc) is 2.13. The van der Waals surface area contributed by atoms with Gasteiger partial charge in [-0.3, -0.25) is 0 Å². The van der Waals surface area contributed by atoms with E-state index in [-0.39, 0.29) is 5.91 Å². The Balaban J connectivity index is 4.71. The number of ether oxygens (including phenoxy) is 2.